The van der Waals surface area contributed by atoms with Crippen molar-refractivity contribution in [1.82, 2.24) is 14.9 Å². The highest BCUT2D eigenvalue weighted by Crippen LogP contribution is 2.29. The third-order valence-electron chi connectivity index (χ3n) is 2.77. The van der Waals surface area contributed by atoms with E-state index in [1.165, 1.54) is 21.3 Å². The summed E-state index contributed by atoms with van der Waals surface area (Å²) < 4.78 is 4.93. The summed E-state index contributed by atoms with van der Waals surface area (Å²) >= 11 is 9.10. The molecule has 0 radical (unpaired) electrons. The minimum absolute atomic E-state index is 0.279. The third kappa shape index (κ3) is 3.29. The van der Waals surface area contributed by atoms with E-state index in [-0.39, 0.29) is 6.04 Å². The van der Waals surface area contributed by atoms with Crippen LogP contribution in [0.5, 0.6) is 0 Å². The van der Waals surface area contributed by atoms with E-state index in [1.807, 2.05) is 13.1 Å². The molecule has 0 saturated carbocycles. The molecule has 0 spiro atoms. The molecule has 2 rings (SSSR count). The monoisotopic (exact) mass is 301 g/mol. The number of likely N-dealkylation sites (N-methyl/N-ethyl adjacent to an activating group) is 1. The highest BCUT2D eigenvalue weighted by molar-refractivity contribution is 7.16. The van der Waals surface area contributed by atoms with Crippen LogP contribution in [0.2, 0.25) is 4.34 Å². The molecule has 0 amide bonds. The molecule has 3 nitrogen and oxygen atoms in total. The van der Waals surface area contributed by atoms with E-state index < -0.39 is 0 Å². The predicted octanol–water partition coefficient (Wildman–Crippen LogP) is 3.71. The van der Waals surface area contributed by atoms with Gasteiger partial charge in [-0.1, -0.05) is 29.4 Å². The van der Waals surface area contributed by atoms with Crippen molar-refractivity contribution in [3.8, 4) is 0 Å². The Morgan fingerprint density at radius 3 is 2.89 bits per heavy atom. The summed E-state index contributed by atoms with van der Waals surface area (Å²) in [7, 11) is 1.98. The molecule has 0 fully saturated rings. The van der Waals surface area contributed by atoms with Crippen molar-refractivity contribution < 1.29 is 0 Å². The largest absolute Gasteiger partial charge is 0.312 e. The number of aromatic nitrogens is 2. The predicted molar refractivity (Wildman–Crippen MR) is 78.7 cm³/mol. The van der Waals surface area contributed by atoms with E-state index >= 15 is 0 Å². The Bertz CT molecular complexity index is 495. The van der Waals surface area contributed by atoms with Crippen molar-refractivity contribution in [2.24, 2.45) is 0 Å². The van der Waals surface area contributed by atoms with Crippen molar-refractivity contribution in [1.29, 1.82) is 0 Å². The Morgan fingerprint density at radius 2 is 2.28 bits per heavy atom. The number of rotatable bonds is 6. The summed E-state index contributed by atoms with van der Waals surface area (Å²) in [6.45, 7) is 2.16. The first-order chi connectivity index (χ1) is 8.74. The highest BCUT2D eigenvalue weighted by atomic mass is 35.5. The number of hydrogen-bond donors (Lipinski definition) is 1. The zero-order valence-electron chi connectivity index (χ0n) is 10.4. The van der Waals surface area contributed by atoms with Crippen molar-refractivity contribution in [2.75, 3.05) is 7.05 Å². The Balaban J connectivity index is 2.14. The second kappa shape index (κ2) is 6.61. The number of halogens is 1. The lowest BCUT2D eigenvalue weighted by Gasteiger charge is -2.14. The lowest BCUT2D eigenvalue weighted by molar-refractivity contribution is 0.598. The van der Waals surface area contributed by atoms with Gasteiger partial charge in [-0.25, -0.2) is 0 Å². The molecule has 1 atom stereocenters. The summed E-state index contributed by atoms with van der Waals surface area (Å²) in [6, 6.07) is 4.32. The van der Waals surface area contributed by atoms with Gasteiger partial charge in [0, 0.05) is 17.3 Å². The van der Waals surface area contributed by atoms with E-state index in [4.69, 9.17) is 11.6 Å². The fourth-order valence-electron chi connectivity index (χ4n) is 1.88. The zero-order chi connectivity index (χ0) is 13.0. The van der Waals surface area contributed by atoms with Crippen LogP contribution in [0.4, 0.5) is 0 Å². The maximum absolute atomic E-state index is 5.97. The molecule has 0 aromatic carbocycles. The van der Waals surface area contributed by atoms with E-state index in [9.17, 15) is 0 Å². The van der Waals surface area contributed by atoms with E-state index in [0.717, 1.165) is 29.3 Å². The molecule has 6 heteroatoms. The van der Waals surface area contributed by atoms with Crippen LogP contribution in [0.15, 0.2) is 12.1 Å². The summed E-state index contributed by atoms with van der Waals surface area (Å²) in [5, 5.41) is 7.58. The van der Waals surface area contributed by atoms with Crippen LogP contribution in [0.3, 0.4) is 0 Å². The first kappa shape index (κ1) is 13.9. The summed E-state index contributed by atoms with van der Waals surface area (Å²) in [5.41, 5.74) is 1.13. The molecule has 2 aromatic heterocycles. The number of thiophene rings is 1. The first-order valence-electron chi connectivity index (χ1n) is 5.97. The van der Waals surface area contributed by atoms with Crippen molar-refractivity contribution in [3.05, 3.63) is 31.9 Å². The van der Waals surface area contributed by atoms with E-state index in [1.54, 1.807) is 11.3 Å². The Labute approximate surface area is 120 Å². The molecule has 98 valence electrons. The number of hydrogen-bond acceptors (Lipinski definition) is 5. The van der Waals surface area contributed by atoms with Crippen molar-refractivity contribution in [2.45, 2.75) is 32.2 Å². The maximum Gasteiger partial charge on any atom is 0.0931 e. The SMILES string of the molecule is CCCc1nnsc1C(Cc1ccc(Cl)s1)NC. The lowest BCUT2D eigenvalue weighted by Crippen LogP contribution is -2.18. The maximum atomic E-state index is 5.97. The summed E-state index contributed by atoms with van der Waals surface area (Å²) in [4.78, 5) is 2.54. The minimum atomic E-state index is 0.279. The van der Waals surface area contributed by atoms with Gasteiger partial charge in [0.1, 0.15) is 0 Å². The molecular weight excluding hydrogens is 286 g/mol. The van der Waals surface area contributed by atoms with Gasteiger partial charge in [-0.3, -0.25) is 0 Å². The fourth-order valence-corrected chi connectivity index (χ4v) is 3.82. The molecule has 0 aliphatic carbocycles. The Morgan fingerprint density at radius 1 is 1.44 bits per heavy atom. The van der Waals surface area contributed by atoms with Gasteiger partial charge in [0.15, 0.2) is 0 Å². The highest BCUT2D eigenvalue weighted by Gasteiger charge is 2.18. The van der Waals surface area contributed by atoms with Gasteiger partial charge in [-0.15, -0.1) is 16.4 Å². The van der Waals surface area contributed by atoms with Gasteiger partial charge in [0.2, 0.25) is 0 Å². The average Bonchev–Trinajstić information content (AvgIpc) is 2.96. The molecule has 1 N–H and O–H groups in total. The van der Waals surface area contributed by atoms with Crippen LogP contribution in [-0.2, 0) is 12.8 Å². The van der Waals surface area contributed by atoms with E-state index in [2.05, 4.69) is 27.9 Å². The van der Waals surface area contributed by atoms with Crippen LogP contribution in [0, 0.1) is 0 Å². The molecule has 2 heterocycles. The Kier molecular flexibility index (Phi) is 5.12. The molecule has 0 aliphatic rings. The number of aryl methyl sites for hydroxylation is 1. The Hall–Kier alpha value is -0.490. The van der Waals surface area contributed by atoms with Crippen LogP contribution in [0.25, 0.3) is 0 Å². The topological polar surface area (TPSA) is 37.8 Å². The minimum Gasteiger partial charge on any atom is -0.312 e. The summed E-state index contributed by atoms with van der Waals surface area (Å²) in [6.07, 6.45) is 3.03. The van der Waals surface area contributed by atoms with Crippen molar-refractivity contribution in [3.63, 3.8) is 0 Å². The van der Waals surface area contributed by atoms with Gasteiger partial charge < -0.3 is 5.32 Å². The molecule has 0 aliphatic heterocycles. The van der Waals surface area contributed by atoms with E-state index in [0.29, 0.717) is 0 Å². The van der Waals surface area contributed by atoms with Crippen LogP contribution >= 0.6 is 34.5 Å². The second-order valence-electron chi connectivity index (χ2n) is 4.09. The van der Waals surface area contributed by atoms with Gasteiger partial charge in [0.05, 0.1) is 14.9 Å². The summed E-state index contributed by atoms with van der Waals surface area (Å²) in [5.74, 6) is 0. The molecule has 18 heavy (non-hydrogen) atoms. The fraction of sp³-hybridized carbons (Fsp3) is 0.500. The third-order valence-corrected chi connectivity index (χ3v) is 4.90. The van der Waals surface area contributed by atoms with Gasteiger partial charge in [-0.2, -0.15) is 0 Å². The van der Waals surface area contributed by atoms with Gasteiger partial charge in [-0.05, 0) is 37.1 Å². The molecule has 2 aromatic rings. The normalized spacial score (nSPS) is 12.8. The number of nitrogens with one attached hydrogen (secondary N) is 1. The van der Waals surface area contributed by atoms with Gasteiger partial charge >= 0.3 is 0 Å². The molecule has 1 unspecified atom stereocenters. The molecule has 0 bridgehead atoms. The first-order valence-corrected chi connectivity index (χ1v) is 7.94. The van der Waals surface area contributed by atoms with Crippen LogP contribution in [-0.4, -0.2) is 16.6 Å². The second-order valence-corrected chi connectivity index (χ2v) is 6.67. The lowest BCUT2D eigenvalue weighted by atomic mass is 10.1. The zero-order valence-corrected chi connectivity index (χ0v) is 12.8. The standard InChI is InChI=1S/C12H16ClN3S2/c1-3-4-9-12(18-16-15-9)10(14-2)7-8-5-6-11(13)17-8/h5-6,10,14H,3-4,7H2,1-2H3. The average molecular weight is 302 g/mol. The number of nitrogens with zero attached hydrogens (tertiary/aromatic N) is 2. The van der Waals surface area contributed by atoms with Crippen molar-refractivity contribution >= 4 is 34.5 Å². The van der Waals surface area contributed by atoms with Crippen LogP contribution in [0.1, 0.15) is 34.8 Å². The molecular formula is C12H16ClN3S2. The smallest absolute Gasteiger partial charge is 0.0931 e. The van der Waals surface area contributed by atoms with Gasteiger partial charge in [0.25, 0.3) is 0 Å². The van der Waals surface area contributed by atoms with Crippen LogP contribution < -0.4 is 5.32 Å². The molecule has 0 saturated heterocycles. The quantitative estimate of drug-likeness (QED) is 0.884.